The maximum atomic E-state index is 8.63. The summed E-state index contributed by atoms with van der Waals surface area (Å²) in [6.07, 6.45) is 16.5. The molecule has 0 atom stereocenters. The van der Waals surface area contributed by atoms with Crippen LogP contribution in [0.25, 0.3) is 0 Å². The number of phenols is 1. The van der Waals surface area contributed by atoms with Crippen molar-refractivity contribution in [2.45, 2.75) is 84.0 Å². The molecule has 0 unspecified atom stereocenters. The summed E-state index contributed by atoms with van der Waals surface area (Å²) in [5.74, 6) is 1.25. The zero-order valence-corrected chi connectivity index (χ0v) is 18.3. The van der Waals surface area contributed by atoms with Crippen LogP contribution in [0.1, 0.15) is 84.0 Å². The smallest absolute Gasteiger partial charge is 0.119 e. The van der Waals surface area contributed by atoms with Crippen molar-refractivity contribution in [2.24, 2.45) is 0 Å². The van der Waals surface area contributed by atoms with Gasteiger partial charge in [0.25, 0.3) is 0 Å². The first-order chi connectivity index (χ1) is 14.2. The zero-order chi connectivity index (χ0) is 21.0. The van der Waals surface area contributed by atoms with E-state index in [2.05, 4.69) is 6.92 Å². The molecule has 0 aliphatic rings. The van der Waals surface area contributed by atoms with E-state index in [1.54, 1.807) is 24.3 Å². The quantitative estimate of drug-likeness (QED) is 0.252. The third kappa shape index (κ3) is 15.4. The SMILES string of the molecule is CCCCCCCCCCCCCCOc1ccc(N)cc1.Oc1ccccc1. The van der Waals surface area contributed by atoms with Gasteiger partial charge < -0.3 is 15.6 Å². The van der Waals surface area contributed by atoms with Crippen LogP contribution in [0.5, 0.6) is 11.5 Å². The van der Waals surface area contributed by atoms with Crippen LogP contribution in [0.15, 0.2) is 54.6 Å². The normalized spacial score (nSPS) is 10.2. The van der Waals surface area contributed by atoms with Gasteiger partial charge in [0.1, 0.15) is 11.5 Å². The van der Waals surface area contributed by atoms with E-state index >= 15 is 0 Å². The summed E-state index contributed by atoms with van der Waals surface area (Å²) in [4.78, 5) is 0. The Balaban J connectivity index is 0.000000502. The predicted molar refractivity (Wildman–Crippen MR) is 126 cm³/mol. The molecule has 3 heteroatoms. The highest BCUT2D eigenvalue weighted by molar-refractivity contribution is 5.41. The molecule has 0 fully saturated rings. The average molecular weight is 400 g/mol. The van der Waals surface area contributed by atoms with Gasteiger partial charge in [0.2, 0.25) is 0 Å². The van der Waals surface area contributed by atoms with Crippen molar-refractivity contribution in [3.63, 3.8) is 0 Å². The van der Waals surface area contributed by atoms with Crippen molar-refractivity contribution < 1.29 is 9.84 Å². The molecule has 2 rings (SSSR count). The fourth-order valence-corrected chi connectivity index (χ4v) is 3.13. The summed E-state index contributed by atoms with van der Waals surface area (Å²) in [6, 6.07) is 16.4. The molecule has 0 aliphatic heterocycles. The molecular formula is C26H41NO2. The second-order valence-electron chi connectivity index (χ2n) is 7.64. The molecule has 0 radical (unpaired) electrons. The maximum Gasteiger partial charge on any atom is 0.119 e. The molecule has 29 heavy (non-hydrogen) atoms. The Bertz CT molecular complexity index is 583. The standard InChI is InChI=1S/C20H35NO.C6H6O/c1-2-3-4-5-6-7-8-9-10-11-12-13-18-22-20-16-14-19(21)15-17-20;7-6-4-2-1-3-5-6/h14-17H,2-13,18,21H2,1H3;1-5,7H. The third-order valence-electron chi connectivity index (χ3n) is 4.90. The number of nitrogens with two attached hydrogens (primary N) is 1. The highest BCUT2D eigenvalue weighted by Gasteiger charge is 1.95. The van der Waals surface area contributed by atoms with Gasteiger partial charge in [-0.2, -0.15) is 0 Å². The van der Waals surface area contributed by atoms with Crippen molar-refractivity contribution in [1.82, 2.24) is 0 Å². The second kappa shape index (κ2) is 17.9. The number of rotatable bonds is 14. The number of hydrogen-bond acceptors (Lipinski definition) is 3. The molecule has 0 saturated heterocycles. The summed E-state index contributed by atoms with van der Waals surface area (Å²) >= 11 is 0. The molecule has 0 spiro atoms. The summed E-state index contributed by atoms with van der Waals surface area (Å²) in [5.41, 5.74) is 6.44. The molecule has 3 nitrogen and oxygen atoms in total. The first kappa shape index (κ1) is 24.9. The second-order valence-corrected chi connectivity index (χ2v) is 7.64. The van der Waals surface area contributed by atoms with Crippen LogP contribution < -0.4 is 10.5 Å². The topological polar surface area (TPSA) is 55.5 Å². The number of hydrogen-bond donors (Lipinski definition) is 2. The van der Waals surface area contributed by atoms with Gasteiger partial charge in [0, 0.05) is 5.69 Å². The van der Waals surface area contributed by atoms with Gasteiger partial charge in [-0.3, -0.25) is 0 Å². The Morgan fingerprint density at radius 1 is 0.655 bits per heavy atom. The Morgan fingerprint density at radius 3 is 1.59 bits per heavy atom. The van der Waals surface area contributed by atoms with Crippen molar-refractivity contribution in [3.8, 4) is 11.5 Å². The first-order valence-electron chi connectivity index (χ1n) is 11.4. The van der Waals surface area contributed by atoms with Crippen molar-refractivity contribution in [1.29, 1.82) is 0 Å². The molecular weight excluding hydrogens is 358 g/mol. The molecule has 0 saturated carbocycles. The maximum absolute atomic E-state index is 8.63. The highest BCUT2D eigenvalue weighted by Crippen LogP contribution is 2.15. The van der Waals surface area contributed by atoms with E-state index < -0.39 is 0 Å². The van der Waals surface area contributed by atoms with Crippen LogP contribution in [-0.4, -0.2) is 11.7 Å². The molecule has 162 valence electrons. The van der Waals surface area contributed by atoms with E-state index in [0.717, 1.165) is 24.5 Å². The molecule has 0 heterocycles. The van der Waals surface area contributed by atoms with Crippen molar-refractivity contribution in [2.75, 3.05) is 12.3 Å². The monoisotopic (exact) mass is 399 g/mol. The minimum atomic E-state index is 0.322. The van der Waals surface area contributed by atoms with Gasteiger partial charge in [-0.05, 0) is 42.8 Å². The van der Waals surface area contributed by atoms with Gasteiger partial charge >= 0.3 is 0 Å². The Labute approximate surface area is 178 Å². The molecule has 0 aromatic heterocycles. The average Bonchev–Trinajstić information content (AvgIpc) is 2.74. The Kier molecular flexibility index (Phi) is 15.4. The van der Waals surface area contributed by atoms with Crippen molar-refractivity contribution in [3.05, 3.63) is 54.6 Å². The van der Waals surface area contributed by atoms with Crippen LogP contribution in [0.4, 0.5) is 5.69 Å². The van der Waals surface area contributed by atoms with Gasteiger partial charge in [-0.1, -0.05) is 95.8 Å². The van der Waals surface area contributed by atoms with E-state index in [-0.39, 0.29) is 0 Å². The number of anilines is 1. The molecule has 0 aliphatic carbocycles. The number of aromatic hydroxyl groups is 1. The molecule has 0 amide bonds. The minimum Gasteiger partial charge on any atom is -0.508 e. The Morgan fingerprint density at radius 2 is 1.14 bits per heavy atom. The predicted octanol–water partition coefficient (Wildman–Crippen LogP) is 7.74. The van der Waals surface area contributed by atoms with Gasteiger partial charge in [0.05, 0.1) is 6.61 Å². The van der Waals surface area contributed by atoms with Gasteiger partial charge in [-0.25, -0.2) is 0 Å². The van der Waals surface area contributed by atoms with Gasteiger partial charge in [-0.15, -0.1) is 0 Å². The van der Waals surface area contributed by atoms with Crippen LogP contribution in [0.2, 0.25) is 0 Å². The van der Waals surface area contributed by atoms with E-state index in [0.29, 0.717) is 5.75 Å². The lowest BCUT2D eigenvalue weighted by atomic mass is 10.1. The number of unbranched alkanes of at least 4 members (excludes halogenated alkanes) is 11. The Hall–Kier alpha value is -2.16. The first-order valence-corrected chi connectivity index (χ1v) is 11.4. The summed E-state index contributed by atoms with van der Waals surface area (Å²) in [6.45, 7) is 3.10. The number of para-hydroxylation sites is 1. The zero-order valence-electron chi connectivity index (χ0n) is 18.3. The van der Waals surface area contributed by atoms with Gasteiger partial charge in [0.15, 0.2) is 0 Å². The number of ether oxygens (including phenoxy) is 1. The number of benzene rings is 2. The van der Waals surface area contributed by atoms with Crippen LogP contribution in [0.3, 0.4) is 0 Å². The van der Waals surface area contributed by atoms with E-state index in [9.17, 15) is 0 Å². The highest BCUT2D eigenvalue weighted by atomic mass is 16.5. The van der Waals surface area contributed by atoms with Crippen LogP contribution in [0, 0.1) is 0 Å². The van der Waals surface area contributed by atoms with E-state index in [1.807, 2.05) is 30.3 Å². The number of nitrogen functional groups attached to an aromatic ring is 1. The number of phenolic OH excluding ortho intramolecular Hbond substituents is 1. The fourth-order valence-electron chi connectivity index (χ4n) is 3.13. The lowest BCUT2D eigenvalue weighted by Crippen LogP contribution is -1.97. The summed E-state index contributed by atoms with van der Waals surface area (Å²) in [5, 5.41) is 8.63. The minimum absolute atomic E-state index is 0.322. The summed E-state index contributed by atoms with van der Waals surface area (Å²) in [7, 11) is 0. The van der Waals surface area contributed by atoms with Crippen LogP contribution >= 0.6 is 0 Å². The third-order valence-corrected chi connectivity index (χ3v) is 4.90. The molecule has 2 aromatic carbocycles. The molecule has 3 N–H and O–H groups in total. The summed E-state index contributed by atoms with van der Waals surface area (Å²) < 4.78 is 5.70. The van der Waals surface area contributed by atoms with Crippen molar-refractivity contribution >= 4 is 5.69 Å². The molecule has 2 aromatic rings. The lowest BCUT2D eigenvalue weighted by Gasteiger charge is -2.06. The van der Waals surface area contributed by atoms with E-state index in [1.165, 1.54) is 70.6 Å². The van der Waals surface area contributed by atoms with E-state index in [4.69, 9.17) is 15.6 Å². The lowest BCUT2D eigenvalue weighted by molar-refractivity contribution is 0.304. The molecule has 0 bridgehead atoms. The largest absolute Gasteiger partial charge is 0.508 e. The van der Waals surface area contributed by atoms with Crippen LogP contribution in [-0.2, 0) is 0 Å². The fraction of sp³-hybridized carbons (Fsp3) is 0.538.